The summed E-state index contributed by atoms with van der Waals surface area (Å²) in [5, 5.41) is 0. The summed E-state index contributed by atoms with van der Waals surface area (Å²) < 4.78 is 37.7. The third kappa shape index (κ3) is 2.68. The molecular weight excluding hydrogens is 253 g/mol. The van der Waals surface area contributed by atoms with Gasteiger partial charge in [0.05, 0.1) is 5.75 Å². The molecule has 0 spiro atoms. The molecule has 2 aromatic rings. The van der Waals surface area contributed by atoms with Gasteiger partial charge in [0.1, 0.15) is 10.7 Å². The average Bonchev–Trinajstić information content (AvgIpc) is 2.29. The van der Waals surface area contributed by atoms with Crippen LogP contribution in [0.2, 0.25) is 0 Å². The summed E-state index contributed by atoms with van der Waals surface area (Å²) in [6, 6.07) is 12.2. The standard InChI is InChI=1S/C13H12FNO2S/c14-12-8-11(15)6-7-13(12)18(16,17)9-10-4-2-1-3-5-10/h1-8H,9,15H2. The minimum Gasteiger partial charge on any atom is -0.399 e. The first-order valence-electron chi connectivity index (χ1n) is 5.31. The quantitative estimate of drug-likeness (QED) is 0.867. The minimum atomic E-state index is -3.69. The van der Waals surface area contributed by atoms with Crippen molar-refractivity contribution in [1.82, 2.24) is 0 Å². The van der Waals surface area contributed by atoms with E-state index in [2.05, 4.69) is 0 Å². The minimum absolute atomic E-state index is 0.200. The van der Waals surface area contributed by atoms with Crippen LogP contribution in [-0.4, -0.2) is 8.42 Å². The molecule has 0 bridgehead atoms. The maximum atomic E-state index is 13.6. The second kappa shape index (κ2) is 4.78. The van der Waals surface area contributed by atoms with Crippen molar-refractivity contribution in [2.75, 3.05) is 5.73 Å². The molecule has 0 heterocycles. The number of nitrogen functional groups attached to an aromatic ring is 1. The van der Waals surface area contributed by atoms with E-state index in [0.717, 1.165) is 6.07 Å². The average molecular weight is 265 g/mol. The lowest BCUT2D eigenvalue weighted by atomic mass is 10.2. The van der Waals surface area contributed by atoms with Crippen LogP contribution in [0, 0.1) is 5.82 Å². The summed E-state index contributed by atoms with van der Waals surface area (Å²) in [6.45, 7) is 0. The van der Waals surface area contributed by atoms with Crippen LogP contribution in [0.1, 0.15) is 5.56 Å². The summed E-state index contributed by atoms with van der Waals surface area (Å²) in [6.07, 6.45) is 0. The predicted octanol–water partition coefficient (Wildman–Crippen LogP) is 2.38. The first-order valence-corrected chi connectivity index (χ1v) is 6.96. The predicted molar refractivity (Wildman–Crippen MR) is 68.1 cm³/mol. The molecule has 0 amide bonds. The summed E-state index contributed by atoms with van der Waals surface area (Å²) in [5.41, 5.74) is 6.21. The zero-order valence-electron chi connectivity index (χ0n) is 9.51. The second-order valence-electron chi connectivity index (χ2n) is 3.93. The van der Waals surface area contributed by atoms with E-state index in [1.54, 1.807) is 30.3 Å². The van der Waals surface area contributed by atoms with Crippen molar-refractivity contribution in [1.29, 1.82) is 0 Å². The number of hydrogen-bond acceptors (Lipinski definition) is 3. The molecule has 3 nitrogen and oxygen atoms in total. The van der Waals surface area contributed by atoms with Gasteiger partial charge in [-0.1, -0.05) is 30.3 Å². The second-order valence-corrected chi connectivity index (χ2v) is 5.89. The van der Waals surface area contributed by atoms with Crippen LogP contribution in [-0.2, 0) is 15.6 Å². The van der Waals surface area contributed by atoms with E-state index in [1.165, 1.54) is 12.1 Å². The van der Waals surface area contributed by atoms with Gasteiger partial charge in [-0.3, -0.25) is 0 Å². The fourth-order valence-electron chi connectivity index (χ4n) is 1.64. The Labute approximate surface area is 105 Å². The molecule has 0 atom stereocenters. The van der Waals surface area contributed by atoms with Crippen molar-refractivity contribution >= 4 is 15.5 Å². The van der Waals surface area contributed by atoms with Gasteiger partial charge < -0.3 is 5.73 Å². The van der Waals surface area contributed by atoms with Crippen molar-refractivity contribution in [3.05, 3.63) is 59.9 Å². The molecule has 0 saturated carbocycles. The molecule has 18 heavy (non-hydrogen) atoms. The van der Waals surface area contributed by atoms with Crippen molar-refractivity contribution in [2.45, 2.75) is 10.6 Å². The Hall–Kier alpha value is -1.88. The summed E-state index contributed by atoms with van der Waals surface area (Å²) in [7, 11) is -3.69. The van der Waals surface area contributed by atoms with E-state index in [9.17, 15) is 12.8 Å². The van der Waals surface area contributed by atoms with E-state index < -0.39 is 15.7 Å². The van der Waals surface area contributed by atoms with Gasteiger partial charge in [0.2, 0.25) is 0 Å². The van der Waals surface area contributed by atoms with Crippen LogP contribution >= 0.6 is 0 Å². The summed E-state index contributed by atoms with van der Waals surface area (Å²) >= 11 is 0. The topological polar surface area (TPSA) is 60.2 Å². The first kappa shape index (κ1) is 12.6. The molecule has 2 rings (SSSR count). The Bertz CT molecular complexity index is 654. The van der Waals surface area contributed by atoms with Crippen molar-refractivity contribution < 1.29 is 12.8 Å². The van der Waals surface area contributed by atoms with Gasteiger partial charge in [0, 0.05) is 5.69 Å². The summed E-state index contributed by atoms with van der Waals surface area (Å²) in [5.74, 6) is -1.04. The Morgan fingerprint density at radius 1 is 1.06 bits per heavy atom. The Balaban J connectivity index is 2.37. The largest absolute Gasteiger partial charge is 0.399 e. The lowest BCUT2D eigenvalue weighted by molar-refractivity contribution is 0.567. The number of halogens is 1. The zero-order valence-corrected chi connectivity index (χ0v) is 10.3. The van der Waals surface area contributed by atoms with Gasteiger partial charge in [-0.2, -0.15) is 0 Å². The number of nitrogens with two attached hydrogens (primary N) is 1. The monoisotopic (exact) mass is 265 g/mol. The highest BCUT2D eigenvalue weighted by Crippen LogP contribution is 2.21. The molecule has 0 saturated heterocycles. The van der Waals surface area contributed by atoms with Gasteiger partial charge in [-0.25, -0.2) is 12.8 Å². The van der Waals surface area contributed by atoms with Crippen LogP contribution in [0.4, 0.5) is 10.1 Å². The highest BCUT2D eigenvalue weighted by molar-refractivity contribution is 7.90. The molecule has 0 aromatic heterocycles. The number of hydrogen-bond donors (Lipinski definition) is 1. The van der Waals surface area contributed by atoms with E-state index in [1.807, 2.05) is 0 Å². The smallest absolute Gasteiger partial charge is 0.185 e. The van der Waals surface area contributed by atoms with Gasteiger partial charge in [0.15, 0.2) is 9.84 Å². The third-order valence-corrected chi connectivity index (χ3v) is 4.21. The van der Waals surface area contributed by atoms with Crippen LogP contribution < -0.4 is 5.73 Å². The number of benzene rings is 2. The Morgan fingerprint density at radius 2 is 1.72 bits per heavy atom. The third-order valence-electron chi connectivity index (χ3n) is 2.49. The highest BCUT2D eigenvalue weighted by atomic mass is 32.2. The number of rotatable bonds is 3. The van der Waals surface area contributed by atoms with E-state index in [-0.39, 0.29) is 16.3 Å². The molecular formula is C13H12FNO2S. The molecule has 94 valence electrons. The SMILES string of the molecule is Nc1ccc(S(=O)(=O)Cc2ccccc2)c(F)c1. The molecule has 0 unspecified atom stereocenters. The lowest BCUT2D eigenvalue weighted by Gasteiger charge is -2.06. The van der Waals surface area contributed by atoms with Crippen LogP contribution in [0.25, 0.3) is 0 Å². The molecule has 0 aliphatic carbocycles. The van der Waals surface area contributed by atoms with Gasteiger partial charge in [0.25, 0.3) is 0 Å². The van der Waals surface area contributed by atoms with Crippen LogP contribution in [0.15, 0.2) is 53.4 Å². The van der Waals surface area contributed by atoms with Gasteiger partial charge >= 0.3 is 0 Å². The normalized spacial score (nSPS) is 11.4. The summed E-state index contributed by atoms with van der Waals surface area (Å²) in [4.78, 5) is -0.319. The van der Waals surface area contributed by atoms with Crippen LogP contribution in [0.5, 0.6) is 0 Å². The van der Waals surface area contributed by atoms with Gasteiger partial charge in [-0.05, 0) is 23.8 Å². The maximum Gasteiger partial charge on any atom is 0.185 e. The molecule has 0 fully saturated rings. The highest BCUT2D eigenvalue weighted by Gasteiger charge is 2.19. The van der Waals surface area contributed by atoms with E-state index >= 15 is 0 Å². The number of anilines is 1. The molecule has 2 aromatic carbocycles. The van der Waals surface area contributed by atoms with E-state index in [4.69, 9.17) is 5.73 Å². The Morgan fingerprint density at radius 3 is 2.33 bits per heavy atom. The fraction of sp³-hybridized carbons (Fsp3) is 0.0769. The first-order chi connectivity index (χ1) is 8.49. The van der Waals surface area contributed by atoms with E-state index in [0.29, 0.717) is 5.56 Å². The molecule has 5 heteroatoms. The van der Waals surface area contributed by atoms with Crippen LogP contribution in [0.3, 0.4) is 0 Å². The Kier molecular flexibility index (Phi) is 3.34. The van der Waals surface area contributed by atoms with Crippen molar-refractivity contribution in [2.24, 2.45) is 0 Å². The molecule has 0 radical (unpaired) electrons. The zero-order chi connectivity index (χ0) is 13.2. The molecule has 0 aliphatic heterocycles. The lowest BCUT2D eigenvalue weighted by Crippen LogP contribution is -2.07. The van der Waals surface area contributed by atoms with Crippen molar-refractivity contribution in [3.63, 3.8) is 0 Å². The van der Waals surface area contributed by atoms with Gasteiger partial charge in [-0.15, -0.1) is 0 Å². The fourth-order valence-corrected chi connectivity index (χ4v) is 3.06. The number of sulfone groups is 1. The van der Waals surface area contributed by atoms with Crippen molar-refractivity contribution in [3.8, 4) is 0 Å². The molecule has 0 aliphatic rings. The molecule has 2 N–H and O–H groups in total. The maximum absolute atomic E-state index is 13.6.